The van der Waals surface area contributed by atoms with E-state index in [2.05, 4.69) is 20.9 Å². The van der Waals surface area contributed by atoms with Gasteiger partial charge in [-0.3, -0.25) is 9.69 Å². The van der Waals surface area contributed by atoms with Crippen molar-refractivity contribution in [2.75, 3.05) is 31.6 Å². The summed E-state index contributed by atoms with van der Waals surface area (Å²) in [6.07, 6.45) is 3.60. The van der Waals surface area contributed by atoms with Gasteiger partial charge in [-0.1, -0.05) is 24.6 Å². The number of rotatable bonds is 7. The molecule has 2 aromatic carbocycles. The van der Waals surface area contributed by atoms with Gasteiger partial charge >= 0.3 is 6.03 Å². The fourth-order valence-corrected chi connectivity index (χ4v) is 3.65. The maximum absolute atomic E-state index is 12.6. The average molecular weight is 394 g/mol. The molecule has 0 aromatic heterocycles. The van der Waals surface area contributed by atoms with Gasteiger partial charge < -0.3 is 20.7 Å². The Morgan fingerprint density at radius 1 is 1.03 bits per heavy atom. The highest BCUT2D eigenvalue weighted by molar-refractivity contribution is 6.04. The second-order valence-corrected chi connectivity index (χ2v) is 7.37. The molecular weight excluding hydrogens is 368 g/mol. The maximum Gasteiger partial charge on any atom is 0.318 e. The summed E-state index contributed by atoms with van der Waals surface area (Å²) in [7, 11) is 0. The van der Waals surface area contributed by atoms with Gasteiger partial charge in [0.1, 0.15) is 18.5 Å². The van der Waals surface area contributed by atoms with Gasteiger partial charge in [0.25, 0.3) is 5.91 Å². The van der Waals surface area contributed by atoms with Crippen LogP contribution in [0, 0.1) is 0 Å². The summed E-state index contributed by atoms with van der Waals surface area (Å²) in [5, 5.41) is 8.40. The third-order valence-corrected chi connectivity index (χ3v) is 5.31. The zero-order valence-electron chi connectivity index (χ0n) is 16.3. The number of piperidine rings is 1. The summed E-state index contributed by atoms with van der Waals surface area (Å²) < 4.78 is 5.82. The van der Waals surface area contributed by atoms with E-state index in [0.29, 0.717) is 17.9 Å². The summed E-state index contributed by atoms with van der Waals surface area (Å²) in [5.41, 5.74) is 2.03. The molecule has 0 aliphatic carbocycles. The largest absolute Gasteiger partial charge is 0.492 e. The van der Waals surface area contributed by atoms with E-state index in [0.717, 1.165) is 30.9 Å². The Balaban J connectivity index is 1.31. The summed E-state index contributed by atoms with van der Waals surface area (Å²) >= 11 is 0. The Morgan fingerprint density at radius 2 is 1.76 bits per heavy atom. The Kier molecular flexibility index (Phi) is 5.95. The molecule has 4 rings (SSSR count). The molecule has 0 spiro atoms. The fraction of sp³-hybridized carbons (Fsp3) is 0.364. The van der Waals surface area contributed by atoms with Crippen LogP contribution in [0.4, 0.5) is 10.5 Å². The van der Waals surface area contributed by atoms with Crippen molar-refractivity contribution in [3.8, 4) is 5.75 Å². The van der Waals surface area contributed by atoms with Crippen LogP contribution in [-0.4, -0.2) is 43.1 Å². The van der Waals surface area contributed by atoms with Gasteiger partial charge in [-0.15, -0.1) is 0 Å². The topological polar surface area (TPSA) is 82.7 Å². The third kappa shape index (κ3) is 4.86. The van der Waals surface area contributed by atoms with Crippen molar-refractivity contribution >= 4 is 17.6 Å². The van der Waals surface area contributed by atoms with Gasteiger partial charge in [-0.05, 0) is 56.3 Å². The van der Waals surface area contributed by atoms with Crippen molar-refractivity contribution in [2.24, 2.45) is 0 Å². The number of ether oxygens (including phenoxy) is 1. The lowest BCUT2D eigenvalue weighted by Gasteiger charge is -2.30. The molecule has 0 atom stereocenters. The number of hydrogen-bond acceptors (Lipinski definition) is 4. The van der Waals surface area contributed by atoms with Gasteiger partial charge in [-0.25, -0.2) is 4.79 Å². The molecule has 2 heterocycles. The first-order valence-corrected chi connectivity index (χ1v) is 10.1. The van der Waals surface area contributed by atoms with Crippen LogP contribution in [0.1, 0.15) is 41.3 Å². The number of likely N-dealkylation sites (tertiary alicyclic amines) is 1. The molecule has 3 amide bonds. The standard InChI is InChI=1S/C22H26N4O3/c27-21(23-19-7-3-2-6-18(19)20-24-22(28)25-20)16-8-10-17(11-9-16)29-15-14-26-12-4-1-5-13-26/h2-3,6-11,20H,1,4-5,12-15H2,(H,23,27)(H2,24,25,28). The normalized spacial score (nSPS) is 17.0. The Labute approximate surface area is 170 Å². The van der Waals surface area contributed by atoms with E-state index in [1.165, 1.54) is 19.3 Å². The van der Waals surface area contributed by atoms with Crippen LogP contribution < -0.4 is 20.7 Å². The van der Waals surface area contributed by atoms with Gasteiger partial charge in [0.05, 0.1) is 0 Å². The maximum atomic E-state index is 12.6. The van der Waals surface area contributed by atoms with Crippen molar-refractivity contribution in [1.82, 2.24) is 15.5 Å². The van der Waals surface area contributed by atoms with Crippen LogP contribution in [-0.2, 0) is 0 Å². The molecule has 152 valence electrons. The number of hydrogen-bond donors (Lipinski definition) is 3. The number of anilines is 1. The number of carbonyl (C=O) groups excluding carboxylic acids is 2. The molecule has 0 unspecified atom stereocenters. The number of urea groups is 1. The fourth-order valence-electron chi connectivity index (χ4n) is 3.65. The summed E-state index contributed by atoms with van der Waals surface area (Å²) in [4.78, 5) is 26.2. The second kappa shape index (κ2) is 8.96. The van der Waals surface area contributed by atoms with Crippen LogP contribution in [0.25, 0.3) is 0 Å². The average Bonchev–Trinajstić information content (AvgIpc) is 2.73. The molecule has 29 heavy (non-hydrogen) atoms. The van der Waals surface area contributed by atoms with Crippen LogP contribution in [0.5, 0.6) is 5.75 Å². The smallest absolute Gasteiger partial charge is 0.318 e. The SMILES string of the molecule is O=C1NC(c2ccccc2NC(=O)c2ccc(OCCN3CCCCC3)cc2)N1. The van der Waals surface area contributed by atoms with Gasteiger partial charge in [-0.2, -0.15) is 0 Å². The summed E-state index contributed by atoms with van der Waals surface area (Å²) in [6.45, 7) is 3.90. The molecule has 7 heteroatoms. The molecule has 2 saturated heterocycles. The Hall–Kier alpha value is -3.06. The molecule has 2 aliphatic heterocycles. The Bertz CT molecular complexity index is 855. The lowest BCUT2D eigenvalue weighted by Crippen LogP contribution is -2.56. The van der Waals surface area contributed by atoms with Crippen LogP contribution >= 0.6 is 0 Å². The first-order valence-electron chi connectivity index (χ1n) is 10.1. The zero-order valence-corrected chi connectivity index (χ0v) is 16.3. The van der Waals surface area contributed by atoms with E-state index in [-0.39, 0.29) is 18.1 Å². The number of carbonyl (C=O) groups is 2. The molecular formula is C22H26N4O3. The summed E-state index contributed by atoms with van der Waals surface area (Å²) in [6, 6.07) is 14.4. The van der Waals surface area contributed by atoms with Gasteiger partial charge in [0.15, 0.2) is 0 Å². The van der Waals surface area contributed by atoms with Crippen molar-refractivity contribution < 1.29 is 14.3 Å². The lowest BCUT2D eigenvalue weighted by molar-refractivity contribution is 0.102. The number of para-hydroxylation sites is 1. The molecule has 0 radical (unpaired) electrons. The number of nitrogens with one attached hydrogen (secondary N) is 3. The zero-order chi connectivity index (χ0) is 20.1. The van der Waals surface area contributed by atoms with Crippen molar-refractivity contribution in [3.63, 3.8) is 0 Å². The Morgan fingerprint density at radius 3 is 2.48 bits per heavy atom. The number of amides is 3. The first kappa shape index (κ1) is 19.3. The predicted octanol–water partition coefficient (Wildman–Crippen LogP) is 3.12. The molecule has 2 aliphatic rings. The van der Waals surface area contributed by atoms with E-state index in [4.69, 9.17) is 4.74 Å². The van der Waals surface area contributed by atoms with E-state index in [1.54, 1.807) is 12.1 Å². The highest BCUT2D eigenvalue weighted by Gasteiger charge is 2.27. The molecule has 2 fully saturated rings. The van der Waals surface area contributed by atoms with Gasteiger partial charge in [0, 0.05) is 23.4 Å². The first-order chi connectivity index (χ1) is 14.2. The molecule has 0 saturated carbocycles. The van der Waals surface area contributed by atoms with E-state index in [1.807, 2.05) is 36.4 Å². The highest BCUT2D eigenvalue weighted by Crippen LogP contribution is 2.25. The lowest BCUT2D eigenvalue weighted by atomic mass is 10.1. The molecule has 2 aromatic rings. The monoisotopic (exact) mass is 394 g/mol. The highest BCUT2D eigenvalue weighted by atomic mass is 16.5. The third-order valence-electron chi connectivity index (χ3n) is 5.31. The van der Waals surface area contributed by atoms with Gasteiger partial charge in [0.2, 0.25) is 0 Å². The molecule has 3 N–H and O–H groups in total. The van der Waals surface area contributed by atoms with Crippen LogP contribution in [0.15, 0.2) is 48.5 Å². The van der Waals surface area contributed by atoms with Crippen LogP contribution in [0.3, 0.4) is 0 Å². The summed E-state index contributed by atoms with van der Waals surface area (Å²) in [5.74, 6) is 0.559. The number of benzene rings is 2. The predicted molar refractivity (Wildman–Crippen MR) is 111 cm³/mol. The minimum Gasteiger partial charge on any atom is -0.492 e. The van der Waals surface area contributed by atoms with E-state index >= 15 is 0 Å². The molecule has 0 bridgehead atoms. The van der Waals surface area contributed by atoms with Crippen molar-refractivity contribution in [3.05, 3.63) is 59.7 Å². The quantitative estimate of drug-likeness (QED) is 0.674. The second-order valence-electron chi connectivity index (χ2n) is 7.37. The van der Waals surface area contributed by atoms with E-state index < -0.39 is 0 Å². The van der Waals surface area contributed by atoms with E-state index in [9.17, 15) is 9.59 Å². The minimum atomic E-state index is -0.283. The number of nitrogens with zero attached hydrogens (tertiary/aromatic N) is 1. The van der Waals surface area contributed by atoms with Crippen molar-refractivity contribution in [1.29, 1.82) is 0 Å². The van der Waals surface area contributed by atoms with Crippen LogP contribution in [0.2, 0.25) is 0 Å². The van der Waals surface area contributed by atoms with Crippen molar-refractivity contribution in [2.45, 2.75) is 25.4 Å². The minimum absolute atomic E-state index is 0.206. The molecule has 7 nitrogen and oxygen atoms in total.